The molecular weight excluding hydrogens is 234 g/mol. The Morgan fingerprint density at radius 1 is 1.16 bits per heavy atom. The summed E-state index contributed by atoms with van der Waals surface area (Å²) >= 11 is 0. The fourth-order valence-electron chi connectivity index (χ4n) is 3.32. The van der Waals surface area contributed by atoms with Crippen LogP contribution >= 0.6 is 0 Å². The van der Waals surface area contributed by atoms with Gasteiger partial charge in [-0.2, -0.15) is 0 Å². The number of imidazole rings is 1. The molecule has 0 bridgehead atoms. The van der Waals surface area contributed by atoms with Gasteiger partial charge < -0.3 is 10.3 Å². The van der Waals surface area contributed by atoms with E-state index in [1.165, 1.54) is 42.4 Å². The van der Waals surface area contributed by atoms with Crippen LogP contribution in [0.25, 0.3) is 11.3 Å². The van der Waals surface area contributed by atoms with E-state index in [1.807, 2.05) is 6.20 Å². The molecule has 1 saturated heterocycles. The van der Waals surface area contributed by atoms with E-state index in [0.29, 0.717) is 5.92 Å². The summed E-state index contributed by atoms with van der Waals surface area (Å²) < 4.78 is 0. The number of rotatable bonds is 2. The van der Waals surface area contributed by atoms with Crippen molar-refractivity contribution in [1.29, 1.82) is 0 Å². The Labute approximate surface area is 113 Å². The Bertz CT molecular complexity index is 594. The van der Waals surface area contributed by atoms with Gasteiger partial charge in [0, 0.05) is 12.5 Å². The molecule has 98 valence electrons. The maximum atomic E-state index is 4.57. The second-order valence-electron chi connectivity index (χ2n) is 5.71. The molecule has 1 aromatic heterocycles. The maximum Gasteiger partial charge on any atom is 0.110 e. The van der Waals surface area contributed by atoms with Gasteiger partial charge in [0.15, 0.2) is 0 Å². The van der Waals surface area contributed by atoms with E-state index in [4.69, 9.17) is 0 Å². The van der Waals surface area contributed by atoms with Crippen LogP contribution in [0.15, 0.2) is 24.4 Å². The average molecular weight is 253 g/mol. The van der Waals surface area contributed by atoms with Crippen LogP contribution in [0.4, 0.5) is 0 Å². The highest BCUT2D eigenvalue weighted by Gasteiger charge is 2.20. The molecular formula is C16H19N3. The number of hydrogen-bond acceptors (Lipinski definition) is 2. The first-order valence-electron chi connectivity index (χ1n) is 7.28. The van der Waals surface area contributed by atoms with Gasteiger partial charge in [-0.1, -0.05) is 12.1 Å². The van der Waals surface area contributed by atoms with Crippen LogP contribution < -0.4 is 5.32 Å². The minimum Gasteiger partial charge on any atom is -0.342 e. The Balaban J connectivity index is 1.65. The molecule has 0 radical (unpaired) electrons. The van der Waals surface area contributed by atoms with Gasteiger partial charge in [0.1, 0.15) is 5.82 Å². The van der Waals surface area contributed by atoms with Crippen molar-refractivity contribution in [3.63, 3.8) is 0 Å². The summed E-state index contributed by atoms with van der Waals surface area (Å²) in [5, 5.41) is 3.39. The van der Waals surface area contributed by atoms with E-state index in [1.54, 1.807) is 0 Å². The highest BCUT2D eigenvalue weighted by Crippen LogP contribution is 2.28. The minimum absolute atomic E-state index is 0.558. The van der Waals surface area contributed by atoms with Crippen LogP contribution in [0, 0.1) is 0 Å². The summed E-state index contributed by atoms with van der Waals surface area (Å²) in [6.45, 7) is 2.16. The van der Waals surface area contributed by atoms with Crippen molar-refractivity contribution in [2.75, 3.05) is 13.1 Å². The SMILES string of the molecule is c1cc2c(cc1-c1cnc(C3CCNC3)[nH]1)CCC2. The molecule has 4 rings (SSSR count). The Morgan fingerprint density at radius 3 is 3.00 bits per heavy atom. The number of hydrogen-bond donors (Lipinski definition) is 2. The van der Waals surface area contributed by atoms with Crippen molar-refractivity contribution in [2.24, 2.45) is 0 Å². The zero-order valence-corrected chi connectivity index (χ0v) is 11.1. The lowest BCUT2D eigenvalue weighted by Crippen LogP contribution is -2.08. The molecule has 0 saturated carbocycles. The van der Waals surface area contributed by atoms with E-state index >= 15 is 0 Å². The standard InChI is InChI=1S/C16H19N3/c1-2-11-4-5-13(8-12(11)3-1)15-10-18-16(19-15)14-6-7-17-9-14/h4-5,8,10,14,17H,1-3,6-7,9H2,(H,18,19). The van der Waals surface area contributed by atoms with Gasteiger partial charge in [0.25, 0.3) is 0 Å². The average Bonchev–Trinajstić information content (AvgIpc) is 3.18. The quantitative estimate of drug-likeness (QED) is 0.864. The van der Waals surface area contributed by atoms with E-state index < -0.39 is 0 Å². The topological polar surface area (TPSA) is 40.7 Å². The normalized spacial score (nSPS) is 21.8. The second kappa shape index (κ2) is 4.49. The first-order valence-corrected chi connectivity index (χ1v) is 7.28. The van der Waals surface area contributed by atoms with Gasteiger partial charge >= 0.3 is 0 Å². The predicted molar refractivity (Wildman–Crippen MR) is 76.3 cm³/mol. The number of aromatic nitrogens is 2. The number of fused-ring (bicyclic) bond motifs is 1. The van der Waals surface area contributed by atoms with E-state index in [0.717, 1.165) is 24.6 Å². The van der Waals surface area contributed by atoms with Crippen molar-refractivity contribution >= 4 is 0 Å². The third-order valence-corrected chi connectivity index (χ3v) is 4.45. The second-order valence-corrected chi connectivity index (χ2v) is 5.71. The first kappa shape index (κ1) is 11.2. The summed E-state index contributed by atoms with van der Waals surface area (Å²) in [7, 11) is 0. The molecule has 2 aromatic rings. The first-order chi connectivity index (χ1) is 9.40. The molecule has 2 N–H and O–H groups in total. The van der Waals surface area contributed by atoms with Crippen molar-refractivity contribution in [1.82, 2.24) is 15.3 Å². The lowest BCUT2D eigenvalue weighted by Gasteiger charge is -2.04. The van der Waals surface area contributed by atoms with E-state index in [-0.39, 0.29) is 0 Å². The molecule has 19 heavy (non-hydrogen) atoms. The smallest absolute Gasteiger partial charge is 0.110 e. The molecule has 1 unspecified atom stereocenters. The number of H-pyrrole nitrogens is 1. The van der Waals surface area contributed by atoms with Crippen molar-refractivity contribution < 1.29 is 0 Å². The molecule has 1 aromatic carbocycles. The monoisotopic (exact) mass is 253 g/mol. The van der Waals surface area contributed by atoms with Crippen molar-refractivity contribution in [3.8, 4) is 11.3 Å². The largest absolute Gasteiger partial charge is 0.342 e. The zero-order chi connectivity index (χ0) is 12.7. The molecule has 1 atom stereocenters. The van der Waals surface area contributed by atoms with Crippen LogP contribution in [-0.2, 0) is 12.8 Å². The minimum atomic E-state index is 0.558. The Hall–Kier alpha value is -1.61. The van der Waals surface area contributed by atoms with Gasteiger partial charge in [0.05, 0.1) is 11.9 Å². The molecule has 3 heteroatoms. The number of aryl methyl sites for hydroxylation is 2. The lowest BCUT2D eigenvalue weighted by molar-refractivity contribution is 0.715. The maximum absolute atomic E-state index is 4.57. The van der Waals surface area contributed by atoms with Crippen LogP contribution in [0.5, 0.6) is 0 Å². The van der Waals surface area contributed by atoms with E-state index in [2.05, 4.69) is 33.5 Å². The molecule has 1 aliphatic carbocycles. The number of benzene rings is 1. The van der Waals surface area contributed by atoms with Gasteiger partial charge in [-0.05, 0) is 55.0 Å². The molecule has 2 heterocycles. The molecule has 1 fully saturated rings. The molecule has 0 spiro atoms. The Kier molecular flexibility index (Phi) is 2.66. The lowest BCUT2D eigenvalue weighted by atomic mass is 10.0. The van der Waals surface area contributed by atoms with Gasteiger partial charge in [-0.15, -0.1) is 0 Å². The predicted octanol–water partition coefficient (Wildman–Crippen LogP) is 2.64. The summed E-state index contributed by atoms with van der Waals surface area (Å²) in [5.74, 6) is 1.70. The number of nitrogens with zero attached hydrogens (tertiary/aromatic N) is 1. The van der Waals surface area contributed by atoms with Gasteiger partial charge in [0.2, 0.25) is 0 Å². The van der Waals surface area contributed by atoms with Crippen LogP contribution in [0.3, 0.4) is 0 Å². The summed E-state index contributed by atoms with van der Waals surface area (Å²) in [6.07, 6.45) is 6.97. The molecule has 2 aliphatic rings. The number of aromatic amines is 1. The summed E-state index contributed by atoms with van der Waals surface area (Å²) in [6, 6.07) is 6.86. The Morgan fingerprint density at radius 2 is 2.11 bits per heavy atom. The molecule has 3 nitrogen and oxygen atoms in total. The van der Waals surface area contributed by atoms with E-state index in [9.17, 15) is 0 Å². The summed E-state index contributed by atoms with van der Waals surface area (Å²) in [4.78, 5) is 8.08. The highest BCUT2D eigenvalue weighted by molar-refractivity contribution is 5.61. The number of nitrogens with one attached hydrogen (secondary N) is 2. The fraction of sp³-hybridized carbons (Fsp3) is 0.438. The third-order valence-electron chi connectivity index (χ3n) is 4.45. The summed E-state index contributed by atoms with van der Waals surface area (Å²) in [5.41, 5.74) is 5.50. The van der Waals surface area contributed by atoms with Crippen molar-refractivity contribution in [3.05, 3.63) is 41.3 Å². The zero-order valence-electron chi connectivity index (χ0n) is 11.1. The van der Waals surface area contributed by atoms with Crippen LogP contribution in [0.1, 0.15) is 35.7 Å². The highest BCUT2D eigenvalue weighted by atomic mass is 15.0. The van der Waals surface area contributed by atoms with Crippen LogP contribution in [0.2, 0.25) is 0 Å². The fourth-order valence-corrected chi connectivity index (χ4v) is 3.32. The van der Waals surface area contributed by atoms with Crippen molar-refractivity contribution in [2.45, 2.75) is 31.6 Å². The molecule has 0 amide bonds. The third kappa shape index (κ3) is 1.98. The van der Waals surface area contributed by atoms with Gasteiger partial charge in [-0.25, -0.2) is 4.98 Å². The van der Waals surface area contributed by atoms with Gasteiger partial charge in [-0.3, -0.25) is 0 Å². The molecule has 1 aliphatic heterocycles. The van der Waals surface area contributed by atoms with Crippen LogP contribution in [-0.4, -0.2) is 23.1 Å².